The average Bonchev–Trinajstić information content (AvgIpc) is 2.82. The lowest BCUT2D eigenvalue weighted by Crippen LogP contribution is -2.52. The Labute approximate surface area is 211 Å². The van der Waals surface area contributed by atoms with Crippen LogP contribution in [0.4, 0.5) is 0 Å². The molecular weight excluding hydrogens is 475 g/mol. The number of hydrogen-bond donors (Lipinski definition) is 1. The number of nitrogens with one attached hydrogen (secondary N) is 1. The molecule has 2 amide bonds. The molecule has 0 spiro atoms. The van der Waals surface area contributed by atoms with Crippen LogP contribution in [0.15, 0.2) is 48.5 Å². The molecule has 1 N–H and O–H groups in total. The molecule has 1 fully saturated rings. The summed E-state index contributed by atoms with van der Waals surface area (Å²) in [5.41, 5.74) is 1.95. The minimum Gasteiger partial charge on any atom is -0.352 e. The van der Waals surface area contributed by atoms with Crippen molar-refractivity contribution >= 4 is 46.8 Å². The van der Waals surface area contributed by atoms with Gasteiger partial charge in [-0.1, -0.05) is 79.7 Å². The van der Waals surface area contributed by atoms with Gasteiger partial charge in [-0.3, -0.25) is 9.59 Å². The Morgan fingerprint density at radius 1 is 1.06 bits per heavy atom. The highest BCUT2D eigenvalue weighted by Crippen LogP contribution is 2.23. The first-order chi connectivity index (χ1) is 16.0. The molecule has 1 aliphatic carbocycles. The van der Waals surface area contributed by atoms with Crippen molar-refractivity contribution in [1.82, 2.24) is 10.2 Å². The third-order valence-electron chi connectivity index (χ3n) is 6.04. The molecule has 4 nitrogen and oxygen atoms in total. The van der Waals surface area contributed by atoms with E-state index >= 15 is 0 Å². The van der Waals surface area contributed by atoms with Crippen molar-refractivity contribution in [2.75, 3.05) is 5.75 Å². The molecule has 0 unspecified atom stereocenters. The number of carbonyl (C=O) groups is 2. The average molecular weight is 508 g/mol. The molecule has 7 heteroatoms. The maximum Gasteiger partial charge on any atom is 0.243 e. The van der Waals surface area contributed by atoms with Crippen LogP contribution in [0.2, 0.25) is 10.0 Å². The fourth-order valence-corrected chi connectivity index (χ4v) is 5.39. The van der Waals surface area contributed by atoms with E-state index < -0.39 is 6.04 Å². The largest absolute Gasteiger partial charge is 0.352 e. The van der Waals surface area contributed by atoms with Crippen molar-refractivity contribution in [3.05, 3.63) is 69.7 Å². The molecule has 1 saturated carbocycles. The highest BCUT2D eigenvalue weighted by molar-refractivity contribution is 7.99. The van der Waals surface area contributed by atoms with Gasteiger partial charge in [0.25, 0.3) is 0 Å². The van der Waals surface area contributed by atoms with Gasteiger partial charge in [0.15, 0.2) is 0 Å². The number of halogens is 2. The Balaban J connectivity index is 1.70. The lowest BCUT2D eigenvalue weighted by atomic mass is 9.95. The molecule has 0 bridgehead atoms. The van der Waals surface area contributed by atoms with Gasteiger partial charge in [0.1, 0.15) is 6.04 Å². The van der Waals surface area contributed by atoms with E-state index in [1.807, 2.05) is 55.5 Å². The summed E-state index contributed by atoms with van der Waals surface area (Å²) in [5, 5.41) is 4.51. The van der Waals surface area contributed by atoms with Gasteiger partial charge in [-0.25, -0.2) is 0 Å². The zero-order valence-electron chi connectivity index (χ0n) is 19.1. The summed E-state index contributed by atoms with van der Waals surface area (Å²) in [6.45, 7) is 2.27. The van der Waals surface area contributed by atoms with Crippen LogP contribution >= 0.6 is 35.0 Å². The summed E-state index contributed by atoms with van der Waals surface area (Å²) in [4.78, 5) is 28.3. The van der Waals surface area contributed by atoms with Crippen molar-refractivity contribution in [3.63, 3.8) is 0 Å². The van der Waals surface area contributed by atoms with Crippen LogP contribution in [0.25, 0.3) is 0 Å². The number of benzene rings is 2. The summed E-state index contributed by atoms with van der Waals surface area (Å²) < 4.78 is 0. The van der Waals surface area contributed by atoms with Gasteiger partial charge in [-0.05, 0) is 48.6 Å². The fraction of sp³-hybridized carbons (Fsp3) is 0.462. The van der Waals surface area contributed by atoms with Gasteiger partial charge in [0.2, 0.25) is 11.8 Å². The van der Waals surface area contributed by atoms with Gasteiger partial charge >= 0.3 is 0 Å². The summed E-state index contributed by atoms with van der Waals surface area (Å²) in [5.74, 6) is 0.876. The van der Waals surface area contributed by atoms with E-state index in [2.05, 4.69) is 5.32 Å². The molecule has 1 atom stereocenters. The Hall–Kier alpha value is -1.69. The standard InChI is InChI=1S/C26H32Cl2N2O2S/c1-2-24(26(32)29-22-9-4-3-5-10-22)30(16-20-8-6-7-11-23(20)28)25(31)18-33-17-19-12-14-21(27)15-13-19/h6-8,11-15,22,24H,2-5,9-10,16-18H2,1H3,(H,29,32)/t24-/m1/s1. The van der Waals surface area contributed by atoms with Crippen molar-refractivity contribution < 1.29 is 9.59 Å². The minimum absolute atomic E-state index is 0.0560. The van der Waals surface area contributed by atoms with Crippen LogP contribution in [-0.2, 0) is 21.9 Å². The van der Waals surface area contributed by atoms with Gasteiger partial charge in [0.05, 0.1) is 5.75 Å². The Morgan fingerprint density at radius 2 is 1.76 bits per heavy atom. The van der Waals surface area contributed by atoms with Gasteiger partial charge in [0, 0.05) is 28.4 Å². The molecule has 2 aromatic carbocycles. The monoisotopic (exact) mass is 506 g/mol. The molecule has 1 aliphatic rings. The topological polar surface area (TPSA) is 49.4 Å². The second-order valence-corrected chi connectivity index (χ2v) is 10.3. The Bertz CT molecular complexity index is 917. The number of amides is 2. The minimum atomic E-state index is -0.521. The molecule has 0 aromatic heterocycles. The molecule has 3 rings (SSSR count). The maximum absolute atomic E-state index is 13.4. The molecule has 0 aliphatic heterocycles. The number of nitrogens with zero attached hydrogens (tertiary/aromatic N) is 1. The van der Waals surface area contributed by atoms with Crippen LogP contribution in [-0.4, -0.2) is 34.6 Å². The molecule has 2 aromatic rings. The predicted octanol–water partition coefficient (Wildman–Crippen LogP) is 6.48. The van der Waals surface area contributed by atoms with E-state index in [0.29, 0.717) is 34.5 Å². The summed E-state index contributed by atoms with van der Waals surface area (Å²) in [6.07, 6.45) is 6.09. The summed E-state index contributed by atoms with van der Waals surface area (Å²) in [7, 11) is 0. The molecule has 33 heavy (non-hydrogen) atoms. The van der Waals surface area contributed by atoms with Gasteiger partial charge in [-0.2, -0.15) is 0 Å². The third-order valence-corrected chi connectivity index (χ3v) is 7.65. The first-order valence-corrected chi connectivity index (χ1v) is 13.5. The molecular formula is C26H32Cl2N2O2S. The lowest BCUT2D eigenvalue weighted by molar-refractivity contribution is -0.139. The van der Waals surface area contributed by atoms with Crippen LogP contribution in [0.1, 0.15) is 56.6 Å². The normalized spacial score (nSPS) is 15.1. The zero-order chi connectivity index (χ0) is 23.6. The highest BCUT2D eigenvalue weighted by Gasteiger charge is 2.30. The highest BCUT2D eigenvalue weighted by atomic mass is 35.5. The Kier molecular flexibility index (Phi) is 10.4. The number of thioether (sulfide) groups is 1. The molecule has 0 radical (unpaired) electrons. The first-order valence-electron chi connectivity index (χ1n) is 11.6. The van der Waals surface area contributed by atoms with Crippen LogP contribution in [0, 0.1) is 0 Å². The zero-order valence-corrected chi connectivity index (χ0v) is 21.4. The van der Waals surface area contributed by atoms with Crippen molar-refractivity contribution in [2.45, 2.75) is 69.8 Å². The van der Waals surface area contributed by atoms with E-state index in [1.165, 1.54) is 18.2 Å². The smallest absolute Gasteiger partial charge is 0.243 e. The summed E-state index contributed by atoms with van der Waals surface area (Å²) >= 11 is 13.9. The van der Waals surface area contributed by atoms with Crippen LogP contribution in [0.5, 0.6) is 0 Å². The number of hydrogen-bond acceptors (Lipinski definition) is 3. The van der Waals surface area contributed by atoms with E-state index in [9.17, 15) is 9.59 Å². The molecule has 0 saturated heterocycles. The quantitative estimate of drug-likeness (QED) is 0.400. The number of carbonyl (C=O) groups excluding carboxylic acids is 2. The summed E-state index contributed by atoms with van der Waals surface area (Å²) in [6, 6.07) is 14.8. The molecule has 0 heterocycles. The number of rotatable bonds is 10. The van der Waals surface area contributed by atoms with Gasteiger partial charge in [-0.15, -0.1) is 11.8 Å². The van der Waals surface area contributed by atoms with Crippen LogP contribution in [0.3, 0.4) is 0 Å². The lowest BCUT2D eigenvalue weighted by Gasteiger charge is -2.33. The third kappa shape index (κ3) is 7.94. The van der Waals surface area contributed by atoms with Crippen molar-refractivity contribution in [2.24, 2.45) is 0 Å². The molecule has 178 valence electrons. The van der Waals surface area contributed by atoms with Gasteiger partial charge < -0.3 is 10.2 Å². The van der Waals surface area contributed by atoms with E-state index in [0.717, 1.165) is 36.8 Å². The fourth-order valence-electron chi connectivity index (χ4n) is 4.19. The van der Waals surface area contributed by atoms with E-state index in [-0.39, 0.29) is 17.9 Å². The van der Waals surface area contributed by atoms with E-state index in [1.54, 1.807) is 4.90 Å². The van der Waals surface area contributed by atoms with E-state index in [4.69, 9.17) is 23.2 Å². The Morgan fingerprint density at radius 3 is 2.42 bits per heavy atom. The first kappa shape index (κ1) is 25.9. The second-order valence-electron chi connectivity index (χ2n) is 8.50. The van der Waals surface area contributed by atoms with Crippen molar-refractivity contribution in [3.8, 4) is 0 Å². The predicted molar refractivity (Wildman–Crippen MR) is 139 cm³/mol. The second kappa shape index (κ2) is 13.3. The maximum atomic E-state index is 13.4. The van der Waals surface area contributed by atoms with Crippen molar-refractivity contribution in [1.29, 1.82) is 0 Å². The van der Waals surface area contributed by atoms with Crippen LogP contribution < -0.4 is 5.32 Å². The SMILES string of the molecule is CC[C@H](C(=O)NC1CCCCC1)N(Cc1ccccc1Cl)C(=O)CSCc1ccc(Cl)cc1.